The molecule has 0 bridgehead atoms. The van der Waals surface area contributed by atoms with Crippen molar-refractivity contribution < 1.29 is 24.2 Å². The molecule has 3 amide bonds. The second kappa shape index (κ2) is 8.93. The molecule has 0 spiro atoms. The van der Waals surface area contributed by atoms with Crippen LogP contribution in [0.25, 0.3) is 0 Å². The first kappa shape index (κ1) is 22.3. The minimum absolute atomic E-state index is 0.0566. The molecule has 11 heteroatoms. The van der Waals surface area contributed by atoms with Gasteiger partial charge in [0.15, 0.2) is 0 Å². The number of aryl methyl sites for hydroxylation is 2. The molecular formula is C22H26N6O5. The number of nitrogen functional groups attached to an aromatic ring is 1. The predicted octanol–water partition coefficient (Wildman–Crippen LogP) is 1.55. The van der Waals surface area contributed by atoms with E-state index >= 15 is 0 Å². The lowest BCUT2D eigenvalue weighted by Crippen LogP contribution is -2.36. The number of hydrogen-bond donors (Lipinski definition) is 2. The van der Waals surface area contributed by atoms with E-state index in [9.17, 15) is 14.4 Å². The average Bonchev–Trinajstić information content (AvgIpc) is 3.04. The van der Waals surface area contributed by atoms with Gasteiger partial charge in [-0.1, -0.05) is 13.8 Å². The van der Waals surface area contributed by atoms with Crippen molar-refractivity contribution in [2.45, 2.75) is 26.7 Å². The lowest BCUT2D eigenvalue weighted by atomic mass is 9.99. The first-order valence-corrected chi connectivity index (χ1v) is 10.8. The normalized spacial score (nSPS) is 16.0. The van der Waals surface area contributed by atoms with Crippen LogP contribution in [0.2, 0.25) is 0 Å². The van der Waals surface area contributed by atoms with Gasteiger partial charge in [0, 0.05) is 18.8 Å². The van der Waals surface area contributed by atoms with Crippen molar-refractivity contribution in [1.29, 1.82) is 0 Å². The van der Waals surface area contributed by atoms with Crippen molar-refractivity contribution >= 4 is 35.1 Å². The van der Waals surface area contributed by atoms with Gasteiger partial charge in [0.1, 0.15) is 30.9 Å². The molecule has 0 unspecified atom stereocenters. The largest absolute Gasteiger partial charge is 0.480 e. The molecule has 1 aromatic heterocycles. The zero-order valence-electron chi connectivity index (χ0n) is 18.6. The van der Waals surface area contributed by atoms with Crippen LogP contribution in [0.3, 0.4) is 0 Å². The second-order valence-electron chi connectivity index (χ2n) is 7.81. The number of nitrogens with two attached hydrogens (primary N) is 1. The van der Waals surface area contributed by atoms with E-state index in [-0.39, 0.29) is 42.4 Å². The third-order valence-corrected chi connectivity index (χ3v) is 5.87. The number of hydrogen-bond acceptors (Lipinski definition) is 7. The average molecular weight is 454 g/mol. The van der Waals surface area contributed by atoms with E-state index in [0.717, 1.165) is 16.8 Å². The van der Waals surface area contributed by atoms with Gasteiger partial charge in [-0.05, 0) is 36.1 Å². The first-order valence-electron chi connectivity index (χ1n) is 10.8. The van der Waals surface area contributed by atoms with Crippen molar-refractivity contribution in [3.05, 3.63) is 35.2 Å². The van der Waals surface area contributed by atoms with Gasteiger partial charge < -0.3 is 25.4 Å². The van der Waals surface area contributed by atoms with Crippen molar-refractivity contribution in [3.8, 4) is 5.88 Å². The van der Waals surface area contributed by atoms with Crippen LogP contribution in [-0.4, -0.2) is 70.7 Å². The van der Waals surface area contributed by atoms with Gasteiger partial charge >= 0.3 is 12.0 Å². The van der Waals surface area contributed by atoms with E-state index in [4.69, 9.17) is 15.6 Å². The standard InChI is InChI=1S/C22H26N6O5/c1-3-13-9-15(27-7-8-33-20-17(21(27)31)19(23)24-12-25-20)10-14(4-2)18(13)28-6-5-26(22(28)32)11-16(29)30/h9-10,12H,3-8,11H2,1-2H3,(H,29,30)(H2,23,24,25). The maximum atomic E-state index is 13.4. The Balaban J connectivity index is 1.74. The van der Waals surface area contributed by atoms with E-state index in [0.29, 0.717) is 38.2 Å². The fraction of sp³-hybridized carbons (Fsp3) is 0.409. The number of carboxylic acid groups (broad SMARTS) is 1. The summed E-state index contributed by atoms with van der Waals surface area (Å²) in [4.78, 5) is 49.9. The van der Waals surface area contributed by atoms with E-state index in [1.165, 1.54) is 11.2 Å². The predicted molar refractivity (Wildman–Crippen MR) is 121 cm³/mol. The van der Waals surface area contributed by atoms with Crippen molar-refractivity contribution in [1.82, 2.24) is 14.9 Å². The van der Waals surface area contributed by atoms with Gasteiger partial charge in [0.2, 0.25) is 5.88 Å². The highest BCUT2D eigenvalue weighted by molar-refractivity contribution is 6.11. The van der Waals surface area contributed by atoms with Gasteiger partial charge in [-0.25, -0.2) is 14.8 Å². The highest BCUT2D eigenvalue weighted by atomic mass is 16.5. The molecule has 3 N–H and O–H groups in total. The van der Waals surface area contributed by atoms with Crippen molar-refractivity contribution in [3.63, 3.8) is 0 Å². The Morgan fingerprint density at radius 3 is 2.42 bits per heavy atom. The summed E-state index contributed by atoms with van der Waals surface area (Å²) in [5, 5.41) is 9.09. The molecule has 2 aliphatic rings. The molecule has 3 heterocycles. The van der Waals surface area contributed by atoms with E-state index in [2.05, 4.69) is 9.97 Å². The molecule has 0 saturated carbocycles. The van der Waals surface area contributed by atoms with Crippen molar-refractivity contribution in [2.75, 3.05) is 48.3 Å². The Bertz CT molecular complexity index is 1100. The molecule has 0 aliphatic carbocycles. The Morgan fingerprint density at radius 1 is 1.09 bits per heavy atom. The number of aliphatic carboxylic acids is 1. The number of aromatic nitrogens is 2. The quantitative estimate of drug-likeness (QED) is 0.669. The van der Waals surface area contributed by atoms with Crippen LogP contribution in [0.5, 0.6) is 5.88 Å². The molecule has 11 nitrogen and oxygen atoms in total. The summed E-state index contributed by atoms with van der Waals surface area (Å²) < 4.78 is 5.63. The summed E-state index contributed by atoms with van der Waals surface area (Å²) in [5.74, 6) is -1.17. The molecular weight excluding hydrogens is 428 g/mol. The Kier molecular flexibility index (Phi) is 6.03. The second-order valence-corrected chi connectivity index (χ2v) is 7.81. The molecule has 1 saturated heterocycles. The minimum atomic E-state index is -1.04. The molecule has 174 valence electrons. The van der Waals surface area contributed by atoms with Gasteiger partial charge in [-0.2, -0.15) is 0 Å². The molecule has 4 rings (SSSR count). The number of carboxylic acids is 1. The summed E-state index contributed by atoms with van der Waals surface area (Å²) in [5.41, 5.74) is 9.33. The first-order chi connectivity index (χ1) is 15.8. The lowest BCUT2D eigenvalue weighted by molar-refractivity contribution is -0.137. The molecule has 1 aromatic carbocycles. The molecule has 2 aromatic rings. The number of ether oxygens (including phenoxy) is 1. The Labute approximate surface area is 190 Å². The minimum Gasteiger partial charge on any atom is -0.480 e. The SMILES string of the molecule is CCc1cc(N2CCOc3ncnc(N)c3C2=O)cc(CC)c1N1CCN(CC(=O)O)C1=O. The van der Waals surface area contributed by atoms with Gasteiger partial charge in [0.25, 0.3) is 5.91 Å². The van der Waals surface area contributed by atoms with E-state index in [1.54, 1.807) is 9.80 Å². The van der Waals surface area contributed by atoms with Gasteiger partial charge in [-0.3, -0.25) is 14.5 Å². The van der Waals surface area contributed by atoms with Gasteiger partial charge in [-0.15, -0.1) is 0 Å². The Hall–Kier alpha value is -3.89. The van der Waals surface area contributed by atoms with Crippen LogP contribution < -0.4 is 20.3 Å². The number of benzene rings is 1. The molecule has 33 heavy (non-hydrogen) atoms. The summed E-state index contributed by atoms with van der Waals surface area (Å²) in [7, 11) is 0. The lowest BCUT2D eigenvalue weighted by Gasteiger charge is -2.27. The highest BCUT2D eigenvalue weighted by Gasteiger charge is 2.34. The van der Waals surface area contributed by atoms with Crippen LogP contribution in [0.4, 0.5) is 22.0 Å². The monoisotopic (exact) mass is 454 g/mol. The number of amides is 3. The van der Waals surface area contributed by atoms with Crippen LogP contribution in [0, 0.1) is 0 Å². The topological polar surface area (TPSA) is 142 Å². The van der Waals surface area contributed by atoms with Crippen LogP contribution in [-0.2, 0) is 17.6 Å². The van der Waals surface area contributed by atoms with Crippen LogP contribution in [0.1, 0.15) is 35.3 Å². The fourth-order valence-corrected chi connectivity index (χ4v) is 4.29. The van der Waals surface area contributed by atoms with E-state index < -0.39 is 5.97 Å². The summed E-state index contributed by atoms with van der Waals surface area (Å²) in [6, 6.07) is 3.46. The highest BCUT2D eigenvalue weighted by Crippen LogP contribution is 2.36. The maximum absolute atomic E-state index is 13.4. The number of fused-ring (bicyclic) bond motifs is 1. The number of rotatable bonds is 6. The molecule has 2 aliphatic heterocycles. The van der Waals surface area contributed by atoms with Crippen molar-refractivity contribution in [2.24, 2.45) is 0 Å². The van der Waals surface area contributed by atoms with Crippen LogP contribution in [0.15, 0.2) is 18.5 Å². The third kappa shape index (κ3) is 4.01. The zero-order chi connectivity index (χ0) is 23.7. The summed E-state index contributed by atoms with van der Waals surface area (Å²) in [6.45, 7) is 4.92. The summed E-state index contributed by atoms with van der Waals surface area (Å²) >= 11 is 0. The number of anilines is 3. The molecule has 1 fully saturated rings. The van der Waals surface area contributed by atoms with E-state index in [1.807, 2.05) is 26.0 Å². The van der Waals surface area contributed by atoms with Crippen LogP contribution >= 0.6 is 0 Å². The zero-order valence-corrected chi connectivity index (χ0v) is 18.6. The number of carbonyl (C=O) groups excluding carboxylic acids is 2. The number of nitrogens with zero attached hydrogens (tertiary/aromatic N) is 5. The Morgan fingerprint density at radius 2 is 1.79 bits per heavy atom. The molecule has 0 atom stereocenters. The van der Waals surface area contributed by atoms with Gasteiger partial charge in [0.05, 0.1) is 12.2 Å². The number of carbonyl (C=O) groups is 3. The fourth-order valence-electron chi connectivity index (χ4n) is 4.29. The maximum Gasteiger partial charge on any atom is 0.325 e. The summed E-state index contributed by atoms with van der Waals surface area (Å²) in [6.07, 6.45) is 2.51. The smallest absolute Gasteiger partial charge is 0.325 e. The molecule has 0 radical (unpaired) electrons. The third-order valence-electron chi connectivity index (χ3n) is 5.87. The number of urea groups is 1.